The van der Waals surface area contributed by atoms with Gasteiger partial charge in [-0.1, -0.05) is 12.1 Å². The van der Waals surface area contributed by atoms with Crippen LogP contribution in [0, 0.1) is 11.3 Å². The standard InChI is InChI=1S/C26H21N7O4/c27-12-17-3-6-20-21(11-17)32(15-29-20)25-28-13-22-23(30-25)33(19-7-9-37-10-8-19)26(36)31(22)14-16-1-4-18(5-2-16)24(34)35/h1-6,11,13,15,19H,7-10,14H2,(H,34,35). The van der Waals surface area contributed by atoms with Gasteiger partial charge in [0.2, 0.25) is 5.95 Å². The van der Waals surface area contributed by atoms with E-state index in [-0.39, 0.29) is 23.8 Å². The highest BCUT2D eigenvalue weighted by molar-refractivity contribution is 5.87. The molecule has 1 aliphatic heterocycles. The lowest BCUT2D eigenvalue weighted by molar-refractivity contribution is 0.0692. The average molecular weight is 495 g/mol. The van der Waals surface area contributed by atoms with E-state index in [2.05, 4.69) is 16.0 Å². The molecule has 4 heterocycles. The van der Waals surface area contributed by atoms with Gasteiger partial charge in [0, 0.05) is 19.3 Å². The van der Waals surface area contributed by atoms with Gasteiger partial charge in [0.15, 0.2) is 5.65 Å². The summed E-state index contributed by atoms with van der Waals surface area (Å²) in [5.41, 5.74) is 3.72. The maximum Gasteiger partial charge on any atom is 0.335 e. The van der Waals surface area contributed by atoms with Crippen LogP contribution in [0.5, 0.6) is 0 Å². The van der Waals surface area contributed by atoms with E-state index in [0.717, 1.165) is 5.56 Å². The minimum absolute atomic E-state index is 0.0770. The molecule has 0 aliphatic carbocycles. The van der Waals surface area contributed by atoms with Gasteiger partial charge in [-0.15, -0.1) is 0 Å². The summed E-state index contributed by atoms with van der Waals surface area (Å²) < 4.78 is 10.6. The maximum absolute atomic E-state index is 13.7. The van der Waals surface area contributed by atoms with Gasteiger partial charge >= 0.3 is 11.7 Å². The molecule has 11 nitrogen and oxygen atoms in total. The zero-order chi connectivity index (χ0) is 25.5. The van der Waals surface area contributed by atoms with Crippen molar-refractivity contribution in [3.8, 4) is 12.0 Å². The summed E-state index contributed by atoms with van der Waals surface area (Å²) in [6, 6.07) is 13.7. The molecule has 5 aromatic rings. The van der Waals surface area contributed by atoms with E-state index in [1.807, 2.05) is 0 Å². The Morgan fingerprint density at radius 2 is 1.89 bits per heavy atom. The number of nitrogens with zero attached hydrogens (tertiary/aromatic N) is 7. The number of ether oxygens (including phenoxy) is 1. The SMILES string of the molecule is N#Cc1ccc2ncn(-c3ncc4c(n3)n(C3CCOCC3)c(=O)n4Cc3ccc(C(=O)O)cc3)c2c1. The van der Waals surface area contributed by atoms with Crippen molar-refractivity contribution in [3.05, 3.63) is 82.2 Å². The highest BCUT2D eigenvalue weighted by Crippen LogP contribution is 2.25. The van der Waals surface area contributed by atoms with Gasteiger partial charge in [0.25, 0.3) is 0 Å². The molecular weight excluding hydrogens is 474 g/mol. The Kier molecular flexibility index (Phi) is 5.50. The lowest BCUT2D eigenvalue weighted by Crippen LogP contribution is -2.31. The molecule has 1 aliphatic rings. The molecule has 37 heavy (non-hydrogen) atoms. The number of nitriles is 1. The zero-order valence-electron chi connectivity index (χ0n) is 19.6. The number of hydrogen-bond donors (Lipinski definition) is 1. The lowest BCUT2D eigenvalue weighted by atomic mass is 10.1. The number of aromatic carboxylic acids is 1. The van der Waals surface area contributed by atoms with Gasteiger partial charge in [-0.2, -0.15) is 10.2 Å². The van der Waals surface area contributed by atoms with Crippen LogP contribution in [0.15, 0.2) is 59.8 Å². The molecule has 1 saturated heterocycles. The molecule has 0 atom stereocenters. The molecule has 1 N–H and O–H groups in total. The third-order valence-corrected chi connectivity index (χ3v) is 6.68. The van der Waals surface area contributed by atoms with Crippen LogP contribution in [0.4, 0.5) is 0 Å². The molecule has 0 bridgehead atoms. The summed E-state index contributed by atoms with van der Waals surface area (Å²) in [6.07, 6.45) is 4.60. The van der Waals surface area contributed by atoms with E-state index >= 15 is 0 Å². The van der Waals surface area contributed by atoms with Crippen molar-refractivity contribution in [3.63, 3.8) is 0 Å². The Morgan fingerprint density at radius 3 is 2.62 bits per heavy atom. The van der Waals surface area contributed by atoms with Crippen LogP contribution in [0.25, 0.3) is 28.1 Å². The van der Waals surface area contributed by atoms with Gasteiger partial charge < -0.3 is 9.84 Å². The predicted molar refractivity (Wildman–Crippen MR) is 133 cm³/mol. The largest absolute Gasteiger partial charge is 0.478 e. The zero-order valence-corrected chi connectivity index (χ0v) is 19.6. The quantitative estimate of drug-likeness (QED) is 0.392. The first-order chi connectivity index (χ1) is 18.0. The van der Waals surface area contributed by atoms with Crippen LogP contribution in [0.1, 0.15) is 40.4 Å². The summed E-state index contributed by atoms with van der Waals surface area (Å²) in [7, 11) is 0. The summed E-state index contributed by atoms with van der Waals surface area (Å²) in [5.74, 6) is -0.663. The molecule has 0 unspecified atom stereocenters. The molecule has 1 fully saturated rings. The summed E-state index contributed by atoms with van der Waals surface area (Å²) >= 11 is 0. The topological polar surface area (TPSA) is 141 Å². The monoisotopic (exact) mass is 495 g/mol. The number of fused-ring (bicyclic) bond motifs is 2. The minimum atomic E-state index is -1.00. The second-order valence-electron chi connectivity index (χ2n) is 8.89. The van der Waals surface area contributed by atoms with E-state index < -0.39 is 5.97 Å². The van der Waals surface area contributed by atoms with E-state index in [1.54, 1.807) is 56.6 Å². The molecule has 0 spiro atoms. The molecule has 0 saturated carbocycles. The summed E-state index contributed by atoms with van der Waals surface area (Å²) in [4.78, 5) is 38.7. The van der Waals surface area contributed by atoms with Crippen LogP contribution in [0.3, 0.4) is 0 Å². The molecule has 11 heteroatoms. The van der Waals surface area contributed by atoms with Crippen molar-refractivity contribution in [2.75, 3.05) is 13.2 Å². The van der Waals surface area contributed by atoms with Gasteiger partial charge in [-0.3, -0.25) is 13.7 Å². The number of carboxylic acid groups (broad SMARTS) is 1. The first-order valence-corrected chi connectivity index (χ1v) is 11.8. The fourth-order valence-corrected chi connectivity index (χ4v) is 4.76. The molecule has 184 valence electrons. The molecule has 0 amide bonds. The third-order valence-electron chi connectivity index (χ3n) is 6.68. The Balaban J connectivity index is 1.50. The molecule has 6 rings (SSSR count). The van der Waals surface area contributed by atoms with Crippen LogP contribution < -0.4 is 5.69 Å². The Morgan fingerprint density at radius 1 is 1.11 bits per heavy atom. The fourth-order valence-electron chi connectivity index (χ4n) is 4.76. The van der Waals surface area contributed by atoms with Crippen molar-refractivity contribution in [1.82, 2.24) is 28.7 Å². The lowest BCUT2D eigenvalue weighted by Gasteiger charge is -2.22. The predicted octanol–water partition coefficient (Wildman–Crippen LogP) is 2.90. The smallest absolute Gasteiger partial charge is 0.335 e. The summed E-state index contributed by atoms with van der Waals surface area (Å²) in [5, 5.41) is 18.5. The van der Waals surface area contributed by atoms with E-state index in [0.29, 0.717) is 59.8 Å². The van der Waals surface area contributed by atoms with Gasteiger partial charge in [-0.25, -0.2) is 19.6 Å². The number of rotatable bonds is 5. The minimum Gasteiger partial charge on any atom is -0.478 e. The van der Waals surface area contributed by atoms with E-state index in [9.17, 15) is 20.0 Å². The highest BCUT2D eigenvalue weighted by atomic mass is 16.5. The fraction of sp³-hybridized carbons (Fsp3) is 0.231. The second kappa shape index (κ2) is 9.00. The number of hydrogen-bond acceptors (Lipinski definition) is 7. The number of aromatic nitrogens is 6. The van der Waals surface area contributed by atoms with Gasteiger partial charge in [-0.05, 0) is 48.7 Å². The van der Waals surface area contributed by atoms with E-state index in [4.69, 9.17) is 9.72 Å². The van der Waals surface area contributed by atoms with Crippen LogP contribution in [0.2, 0.25) is 0 Å². The third kappa shape index (κ3) is 3.93. The molecule has 2 aromatic carbocycles. The number of imidazole rings is 2. The van der Waals surface area contributed by atoms with Crippen LogP contribution >= 0.6 is 0 Å². The first kappa shape index (κ1) is 22.6. The van der Waals surface area contributed by atoms with E-state index in [1.165, 1.54) is 12.1 Å². The van der Waals surface area contributed by atoms with Gasteiger partial charge in [0.1, 0.15) is 11.8 Å². The van der Waals surface area contributed by atoms with Crippen molar-refractivity contribution in [2.45, 2.75) is 25.4 Å². The number of carbonyl (C=O) groups is 1. The Labute approximate surface area is 209 Å². The van der Waals surface area contributed by atoms with Crippen molar-refractivity contribution in [2.24, 2.45) is 0 Å². The highest BCUT2D eigenvalue weighted by Gasteiger charge is 2.25. The molecular formula is C26H21N7O4. The van der Waals surface area contributed by atoms with Gasteiger partial charge in [0.05, 0.1) is 41.0 Å². The Bertz CT molecular complexity index is 1750. The molecule has 3 aromatic heterocycles. The Hall–Kier alpha value is -4.82. The second-order valence-corrected chi connectivity index (χ2v) is 8.89. The van der Waals surface area contributed by atoms with Crippen LogP contribution in [-0.2, 0) is 11.3 Å². The average Bonchev–Trinajstić information content (AvgIpc) is 3.47. The molecule has 0 radical (unpaired) electrons. The number of carboxylic acids is 1. The number of benzene rings is 2. The van der Waals surface area contributed by atoms with Crippen molar-refractivity contribution >= 4 is 28.2 Å². The van der Waals surface area contributed by atoms with Crippen molar-refractivity contribution in [1.29, 1.82) is 5.26 Å². The van der Waals surface area contributed by atoms with Crippen LogP contribution in [-0.4, -0.2) is 52.9 Å². The normalized spacial score (nSPS) is 14.2. The summed E-state index contributed by atoms with van der Waals surface area (Å²) in [6.45, 7) is 1.36. The first-order valence-electron chi connectivity index (χ1n) is 11.8. The van der Waals surface area contributed by atoms with Crippen molar-refractivity contribution < 1.29 is 14.6 Å². The maximum atomic E-state index is 13.7.